The summed E-state index contributed by atoms with van der Waals surface area (Å²) < 4.78 is 14.9. The molecule has 0 unspecified atom stereocenters. The van der Waals surface area contributed by atoms with E-state index in [2.05, 4.69) is 49.7 Å². The lowest BCUT2D eigenvalue weighted by Gasteiger charge is -2.45. The quantitative estimate of drug-likeness (QED) is 0.644. The molecule has 2 aliphatic rings. The molecule has 0 radical (unpaired) electrons. The number of piperidine rings is 1. The third kappa shape index (κ3) is 3.66. The molecule has 8 nitrogen and oxygen atoms in total. The van der Waals surface area contributed by atoms with Crippen LogP contribution in [0.5, 0.6) is 5.75 Å². The molecule has 2 saturated heterocycles. The predicted molar refractivity (Wildman–Crippen MR) is 119 cm³/mol. The second-order valence-corrected chi connectivity index (χ2v) is 9.58. The van der Waals surface area contributed by atoms with E-state index in [1.807, 2.05) is 13.1 Å². The van der Waals surface area contributed by atoms with Crippen molar-refractivity contribution in [1.82, 2.24) is 30.9 Å². The summed E-state index contributed by atoms with van der Waals surface area (Å²) in [6, 6.07) is 6.67. The lowest BCUT2D eigenvalue weighted by atomic mass is 9.84. The summed E-state index contributed by atoms with van der Waals surface area (Å²) >= 11 is 0. The van der Waals surface area contributed by atoms with Crippen molar-refractivity contribution < 1.29 is 9.50 Å². The fraction of sp³-hybridized carbons (Fsp3) is 0.435. The zero-order chi connectivity index (χ0) is 22.5. The number of rotatable bonds is 4. The Labute approximate surface area is 185 Å². The molecule has 1 aromatic carbocycles. The summed E-state index contributed by atoms with van der Waals surface area (Å²) in [6.07, 6.45) is 7.35. The molecule has 2 aliphatic heterocycles. The molecule has 2 N–H and O–H groups in total. The maximum absolute atomic E-state index is 14.9. The summed E-state index contributed by atoms with van der Waals surface area (Å²) in [6.45, 7) is 4.58. The van der Waals surface area contributed by atoms with Crippen LogP contribution in [0.25, 0.3) is 22.4 Å². The van der Waals surface area contributed by atoms with E-state index in [0.29, 0.717) is 17.2 Å². The van der Waals surface area contributed by atoms with Crippen LogP contribution in [0.1, 0.15) is 39.5 Å². The number of phenolic OH excluding ortho intramolecular Hbond substituents is 1. The molecule has 0 amide bonds. The summed E-state index contributed by atoms with van der Waals surface area (Å²) in [5, 5.41) is 33.8. The SMILES string of the molecule is CN(c1ccc(-c2c(O)cc(-c3cnnnc3)cc2F)nn1)[C@@H]1C[C@]2(C)CC[C@](C)(C1)N2. The summed E-state index contributed by atoms with van der Waals surface area (Å²) in [4.78, 5) is 2.17. The van der Waals surface area contributed by atoms with E-state index in [0.717, 1.165) is 18.7 Å². The van der Waals surface area contributed by atoms with Gasteiger partial charge >= 0.3 is 0 Å². The molecule has 2 fully saturated rings. The first kappa shape index (κ1) is 20.7. The molecule has 9 heteroatoms. The van der Waals surface area contributed by atoms with Gasteiger partial charge in [0.25, 0.3) is 0 Å². The molecule has 3 atom stereocenters. The Bertz CT molecular complexity index is 1100. The number of hydrogen-bond donors (Lipinski definition) is 2. The molecule has 3 aromatic rings. The number of halogens is 1. The van der Waals surface area contributed by atoms with Gasteiger partial charge in [0, 0.05) is 29.7 Å². The van der Waals surface area contributed by atoms with Crippen molar-refractivity contribution in [3.63, 3.8) is 0 Å². The highest BCUT2D eigenvalue weighted by Crippen LogP contribution is 2.44. The Morgan fingerprint density at radius 3 is 2.31 bits per heavy atom. The topological polar surface area (TPSA) is 100.0 Å². The molecule has 0 saturated carbocycles. The Morgan fingerprint density at radius 1 is 1.03 bits per heavy atom. The van der Waals surface area contributed by atoms with E-state index in [1.165, 1.54) is 37.4 Å². The van der Waals surface area contributed by atoms with Crippen LogP contribution in [-0.2, 0) is 0 Å². The minimum Gasteiger partial charge on any atom is -0.507 e. The molecular formula is C23H26FN7O. The molecule has 4 heterocycles. The highest BCUT2D eigenvalue weighted by molar-refractivity contribution is 5.74. The smallest absolute Gasteiger partial charge is 0.151 e. The fourth-order valence-corrected chi connectivity index (χ4v) is 5.33. The zero-order valence-corrected chi connectivity index (χ0v) is 18.4. The number of aromatic nitrogens is 5. The van der Waals surface area contributed by atoms with Crippen molar-refractivity contribution in [3.05, 3.63) is 42.5 Å². The maximum atomic E-state index is 14.9. The minimum absolute atomic E-state index is 0.0189. The van der Waals surface area contributed by atoms with Gasteiger partial charge in [0.15, 0.2) is 5.82 Å². The van der Waals surface area contributed by atoms with Gasteiger partial charge in [-0.3, -0.25) is 0 Å². The summed E-state index contributed by atoms with van der Waals surface area (Å²) in [7, 11) is 2.04. The average Bonchev–Trinajstić information content (AvgIpc) is 3.00. The highest BCUT2D eigenvalue weighted by atomic mass is 19.1. The van der Waals surface area contributed by atoms with Crippen LogP contribution in [-0.4, -0.2) is 54.9 Å². The molecule has 32 heavy (non-hydrogen) atoms. The number of benzene rings is 1. The fourth-order valence-electron chi connectivity index (χ4n) is 5.33. The van der Waals surface area contributed by atoms with Gasteiger partial charge in [0.05, 0.1) is 23.7 Å². The second kappa shape index (κ2) is 7.44. The molecule has 0 aliphatic carbocycles. The van der Waals surface area contributed by atoms with E-state index >= 15 is 0 Å². The first-order valence-electron chi connectivity index (χ1n) is 10.8. The Balaban J connectivity index is 1.39. The largest absolute Gasteiger partial charge is 0.507 e. The number of hydrogen-bond acceptors (Lipinski definition) is 8. The monoisotopic (exact) mass is 435 g/mol. The van der Waals surface area contributed by atoms with Crippen LogP contribution in [0.4, 0.5) is 10.2 Å². The van der Waals surface area contributed by atoms with Crippen LogP contribution in [0.15, 0.2) is 36.7 Å². The van der Waals surface area contributed by atoms with Gasteiger partial charge in [-0.1, -0.05) is 0 Å². The van der Waals surface area contributed by atoms with Crippen molar-refractivity contribution in [2.45, 2.75) is 56.7 Å². The number of nitrogens with zero attached hydrogens (tertiary/aromatic N) is 6. The normalized spacial score (nSPS) is 26.8. The number of nitrogens with one attached hydrogen (secondary N) is 1. The number of aromatic hydroxyl groups is 1. The summed E-state index contributed by atoms with van der Waals surface area (Å²) in [5.74, 6) is -0.0799. The molecule has 2 bridgehead atoms. The third-order valence-electron chi connectivity index (χ3n) is 6.92. The predicted octanol–water partition coefficient (Wildman–Crippen LogP) is 3.34. The Kier molecular flexibility index (Phi) is 4.81. The van der Waals surface area contributed by atoms with Crippen molar-refractivity contribution in [2.24, 2.45) is 0 Å². The first-order valence-corrected chi connectivity index (χ1v) is 10.8. The highest BCUT2D eigenvalue weighted by Gasteiger charge is 2.49. The maximum Gasteiger partial charge on any atom is 0.151 e. The van der Waals surface area contributed by atoms with Gasteiger partial charge in [0.2, 0.25) is 0 Å². The van der Waals surface area contributed by atoms with Gasteiger partial charge in [-0.05, 0) is 74.6 Å². The van der Waals surface area contributed by atoms with E-state index in [1.54, 1.807) is 6.07 Å². The number of fused-ring (bicyclic) bond motifs is 2. The molecule has 5 rings (SSSR count). The molecular weight excluding hydrogens is 409 g/mol. The molecule has 2 aromatic heterocycles. The first-order chi connectivity index (χ1) is 15.3. The van der Waals surface area contributed by atoms with E-state index < -0.39 is 5.82 Å². The van der Waals surface area contributed by atoms with Crippen LogP contribution in [0, 0.1) is 5.82 Å². The van der Waals surface area contributed by atoms with Crippen molar-refractivity contribution in [3.8, 4) is 28.1 Å². The average molecular weight is 436 g/mol. The molecule has 0 spiro atoms. The van der Waals surface area contributed by atoms with E-state index in [9.17, 15) is 9.50 Å². The van der Waals surface area contributed by atoms with Crippen LogP contribution in [0.3, 0.4) is 0 Å². The Hall–Kier alpha value is -3.20. The van der Waals surface area contributed by atoms with E-state index in [4.69, 9.17) is 0 Å². The summed E-state index contributed by atoms with van der Waals surface area (Å²) in [5.41, 5.74) is 1.61. The molecule has 166 valence electrons. The minimum atomic E-state index is -0.594. The third-order valence-corrected chi connectivity index (χ3v) is 6.92. The zero-order valence-electron chi connectivity index (χ0n) is 18.4. The van der Waals surface area contributed by atoms with Crippen LogP contribution >= 0.6 is 0 Å². The van der Waals surface area contributed by atoms with Gasteiger partial charge in [0.1, 0.15) is 11.6 Å². The van der Waals surface area contributed by atoms with Gasteiger partial charge < -0.3 is 15.3 Å². The van der Waals surface area contributed by atoms with Gasteiger partial charge in [-0.2, -0.15) is 0 Å². The van der Waals surface area contributed by atoms with Gasteiger partial charge in [-0.15, -0.1) is 20.4 Å². The number of phenols is 1. The van der Waals surface area contributed by atoms with Crippen molar-refractivity contribution in [2.75, 3.05) is 11.9 Å². The van der Waals surface area contributed by atoms with Crippen LogP contribution in [0.2, 0.25) is 0 Å². The second-order valence-electron chi connectivity index (χ2n) is 9.58. The van der Waals surface area contributed by atoms with Crippen LogP contribution < -0.4 is 10.2 Å². The lowest BCUT2D eigenvalue weighted by Crippen LogP contribution is -2.58. The lowest BCUT2D eigenvalue weighted by molar-refractivity contribution is 0.207. The van der Waals surface area contributed by atoms with Crippen molar-refractivity contribution in [1.29, 1.82) is 0 Å². The van der Waals surface area contributed by atoms with E-state index in [-0.39, 0.29) is 28.1 Å². The standard InChI is InChI=1S/C23H26FN7O/c1-22-6-7-23(2,29-22)11-16(10-22)31(3)20-5-4-18(27-28-20)21-17(24)8-14(9-19(21)32)15-12-25-30-26-13-15/h4-5,8-9,12-13,16,29,32H,6-7,10-11H2,1-3H3/t16-,22+,23-. The van der Waals surface area contributed by atoms with Crippen molar-refractivity contribution >= 4 is 5.82 Å². The van der Waals surface area contributed by atoms with Gasteiger partial charge in [-0.25, -0.2) is 4.39 Å². The Morgan fingerprint density at radius 2 is 1.72 bits per heavy atom. The number of anilines is 1.